The Morgan fingerprint density at radius 2 is 1.61 bits per heavy atom. The quantitative estimate of drug-likeness (QED) is 0.0885. The van der Waals surface area contributed by atoms with E-state index in [1.54, 1.807) is 32.9 Å². The van der Waals surface area contributed by atoms with Crippen molar-refractivity contribution >= 4 is 22.9 Å². The Bertz CT molecular complexity index is 2520. The van der Waals surface area contributed by atoms with E-state index in [9.17, 15) is 24.6 Å². The third kappa shape index (κ3) is 8.87. The second kappa shape index (κ2) is 18.4. The lowest BCUT2D eigenvalue weighted by atomic mass is 9.68. The fourth-order valence-electron chi connectivity index (χ4n) is 9.94. The maximum absolute atomic E-state index is 14.8. The number of fused-ring (bicyclic) bond motifs is 11. The van der Waals surface area contributed by atoms with Crippen molar-refractivity contribution in [3.05, 3.63) is 157 Å². The largest absolute Gasteiger partial charge is 0.483 e. The van der Waals surface area contributed by atoms with Gasteiger partial charge in [0.1, 0.15) is 16.9 Å². The molecule has 324 valence electrons. The summed E-state index contributed by atoms with van der Waals surface area (Å²) in [6, 6.07) is 31.2. The van der Waals surface area contributed by atoms with Crippen LogP contribution in [0.3, 0.4) is 0 Å². The van der Waals surface area contributed by atoms with Crippen LogP contribution in [0.4, 0.5) is 0 Å². The second-order valence-electron chi connectivity index (χ2n) is 17.7. The minimum Gasteiger partial charge on any atom is -0.483 e. The number of carbonyl (C=O) groups excluding carboxylic acids is 2. The van der Waals surface area contributed by atoms with Crippen molar-refractivity contribution in [3.8, 4) is 5.75 Å². The van der Waals surface area contributed by atoms with Crippen LogP contribution in [-0.4, -0.2) is 54.2 Å². The topological polar surface area (TPSA) is 142 Å². The SMILES string of the molecule is COCCc1c(CO)c2ccc3c(c2oc1=O)C1OC(=O)CC2CC(c4cccc(Cc5ccccc5)c4)CCC2c2ccc(cc2)CCC(=C(C)CO)C(=O)OC1C(C)(C)O3. The van der Waals surface area contributed by atoms with Crippen LogP contribution in [0.2, 0.25) is 0 Å². The third-order valence-electron chi connectivity index (χ3n) is 13.3. The van der Waals surface area contributed by atoms with Crippen LogP contribution in [-0.2, 0) is 49.7 Å². The number of esters is 2. The summed E-state index contributed by atoms with van der Waals surface area (Å²) in [4.78, 5) is 42.8. The molecule has 3 aliphatic heterocycles. The van der Waals surface area contributed by atoms with Gasteiger partial charge in [-0.1, -0.05) is 78.9 Å². The number of aryl methyl sites for hydroxylation is 1. The number of hydrogen-bond donors (Lipinski definition) is 2. The average molecular weight is 841 g/mol. The third-order valence-corrected chi connectivity index (χ3v) is 13.3. The first-order chi connectivity index (χ1) is 30.0. The molecule has 1 saturated carbocycles. The summed E-state index contributed by atoms with van der Waals surface area (Å²) in [5.41, 5.74) is 5.79. The highest BCUT2D eigenvalue weighted by atomic mass is 16.6. The Balaban J connectivity index is 1.21. The molecule has 1 aliphatic carbocycles. The van der Waals surface area contributed by atoms with Crippen LogP contribution in [0.5, 0.6) is 5.75 Å². The molecule has 5 atom stereocenters. The number of aliphatic hydroxyl groups is 2. The fourth-order valence-corrected chi connectivity index (χ4v) is 9.94. The van der Waals surface area contributed by atoms with Gasteiger partial charge >= 0.3 is 17.6 Å². The zero-order valence-electron chi connectivity index (χ0n) is 36.0. The van der Waals surface area contributed by atoms with Gasteiger partial charge in [-0.3, -0.25) is 4.79 Å². The Kier molecular flexibility index (Phi) is 12.8. The van der Waals surface area contributed by atoms with Crippen LogP contribution in [0.1, 0.15) is 115 Å². The van der Waals surface area contributed by atoms with E-state index in [-0.39, 0.29) is 60.5 Å². The monoisotopic (exact) mass is 840 g/mol. The highest BCUT2D eigenvalue weighted by molar-refractivity contribution is 5.90. The average Bonchev–Trinajstić information content (AvgIpc) is 3.26. The van der Waals surface area contributed by atoms with Crippen LogP contribution >= 0.6 is 0 Å². The van der Waals surface area contributed by atoms with Gasteiger partial charge in [0.25, 0.3) is 0 Å². The molecular formula is C52H56O10. The summed E-state index contributed by atoms with van der Waals surface area (Å²) >= 11 is 0. The summed E-state index contributed by atoms with van der Waals surface area (Å²) in [6.07, 6.45) is 2.12. The van der Waals surface area contributed by atoms with Gasteiger partial charge in [-0.25, -0.2) is 9.59 Å². The number of rotatable bonds is 8. The van der Waals surface area contributed by atoms with Gasteiger partial charge in [0, 0.05) is 36.5 Å². The van der Waals surface area contributed by atoms with Crippen LogP contribution in [0, 0.1) is 5.92 Å². The van der Waals surface area contributed by atoms with E-state index in [2.05, 4.69) is 72.8 Å². The second-order valence-corrected chi connectivity index (χ2v) is 17.7. The highest BCUT2D eigenvalue weighted by Crippen LogP contribution is 2.50. The molecule has 2 bridgehead atoms. The number of ether oxygens (including phenoxy) is 4. The molecule has 9 rings (SSSR count). The molecule has 0 amide bonds. The Labute approximate surface area is 362 Å². The van der Waals surface area contributed by atoms with Gasteiger partial charge in [0.2, 0.25) is 0 Å². The molecule has 2 N–H and O–H groups in total. The van der Waals surface area contributed by atoms with Crippen molar-refractivity contribution < 1.29 is 43.2 Å². The summed E-state index contributed by atoms with van der Waals surface area (Å²) in [5.74, 6) is -0.630. The van der Waals surface area contributed by atoms with Crippen molar-refractivity contribution in [2.45, 2.75) is 108 Å². The summed E-state index contributed by atoms with van der Waals surface area (Å²) in [7, 11) is 1.53. The van der Waals surface area contributed by atoms with Crippen molar-refractivity contribution in [1.29, 1.82) is 0 Å². The number of hydrogen-bond acceptors (Lipinski definition) is 10. The molecule has 10 nitrogen and oxygen atoms in total. The Hall–Kier alpha value is -5.55. The zero-order valence-corrected chi connectivity index (χ0v) is 36.0. The predicted octanol–water partition coefficient (Wildman–Crippen LogP) is 8.74. The normalized spacial score (nSPS) is 23.4. The molecule has 62 heavy (non-hydrogen) atoms. The minimum atomic E-state index is -1.26. The predicted molar refractivity (Wildman–Crippen MR) is 235 cm³/mol. The van der Waals surface area contributed by atoms with E-state index in [1.165, 1.54) is 23.8 Å². The van der Waals surface area contributed by atoms with E-state index >= 15 is 0 Å². The van der Waals surface area contributed by atoms with Crippen molar-refractivity contribution in [2.75, 3.05) is 20.3 Å². The van der Waals surface area contributed by atoms with Crippen LogP contribution in [0.25, 0.3) is 11.0 Å². The first kappa shape index (κ1) is 43.1. The van der Waals surface area contributed by atoms with Gasteiger partial charge in [-0.2, -0.15) is 0 Å². The van der Waals surface area contributed by atoms with Crippen molar-refractivity contribution in [3.63, 3.8) is 0 Å². The Morgan fingerprint density at radius 3 is 2.35 bits per heavy atom. The molecular weight excluding hydrogens is 785 g/mol. The molecule has 1 aromatic heterocycles. The van der Waals surface area contributed by atoms with Crippen molar-refractivity contribution in [1.82, 2.24) is 0 Å². The molecule has 1 fully saturated rings. The van der Waals surface area contributed by atoms with E-state index in [4.69, 9.17) is 23.4 Å². The van der Waals surface area contributed by atoms with Crippen molar-refractivity contribution in [2.24, 2.45) is 5.92 Å². The van der Waals surface area contributed by atoms with Crippen LogP contribution in [0.15, 0.2) is 111 Å². The zero-order chi connectivity index (χ0) is 43.5. The number of benzene rings is 4. The molecule has 4 aliphatic rings. The number of methoxy groups -OCH3 is 1. The molecule has 0 saturated heterocycles. The van der Waals surface area contributed by atoms with Gasteiger partial charge < -0.3 is 33.6 Å². The maximum Gasteiger partial charge on any atom is 0.339 e. The summed E-state index contributed by atoms with van der Waals surface area (Å²) < 4.78 is 30.8. The summed E-state index contributed by atoms with van der Waals surface area (Å²) in [5, 5.41) is 21.3. The van der Waals surface area contributed by atoms with Gasteiger partial charge in [0.15, 0.2) is 12.2 Å². The smallest absolute Gasteiger partial charge is 0.339 e. The first-order valence-corrected chi connectivity index (χ1v) is 21.8. The van der Waals surface area contributed by atoms with Gasteiger partial charge in [-0.15, -0.1) is 0 Å². The standard InChI is InChI=1S/C52H56O10/c1-31(29-53)39-19-15-32-13-16-35(17-14-32)40-20-18-37(36-12-8-11-34(26-36)25-33-9-6-5-7-10-33)27-38(40)28-45(55)59-48-46-44(62-52(2,3)49(48)61-50(39)56)22-21-41-43(30-54)42(23-24-58-4)51(57)60-47(41)46/h5-14,16-17,21-22,26,37-38,40,48-49,53-54H,15,18-20,23-25,27-30H2,1-4H3. The number of carbonyl (C=O) groups is 2. The molecule has 4 heterocycles. The summed E-state index contributed by atoms with van der Waals surface area (Å²) in [6.45, 7) is 4.66. The van der Waals surface area contributed by atoms with Crippen LogP contribution < -0.4 is 10.4 Å². The van der Waals surface area contributed by atoms with Gasteiger partial charge in [0.05, 0.1) is 25.4 Å². The van der Waals surface area contributed by atoms with E-state index in [1.807, 2.05) is 6.07 Å². The molecule has 0 spiro atoms. The molecule has 4 aromatic carbocycles. The van der Waals surface area contributed by atoms with E-state index in [0.717, 1.165) is 36.8 Å². The fraction of sp³-hybridized carbons (Fsp3) is 0.404. The molecule has 0 radical (unpaired) electrons. The Morgan fingerprint density at radius 1 is 0.839 bits per heavy atom. The lowest BCUT2D eigenvalue weighted by Gasteiger charge is -2.43. The molecule has 10 heteroatoms. The molecule has 5 unspecified atom stereocenters. The lowest BCUT2D eigenvalue weighted by molar-refractivity contribution is -0.188. The van der Waals surface area contributed by atoms with Gasteiger partial charge in [-0.05, 0) is 128 Å². The molecule has 5 aromatic rings. The maximum atomic E-state index is 14.8. The highest BCUT2D eigenvalue weighted by Gasteiger charge is 2.51. The minimum absolute atomic E-state index is 0.0781. The first-order valence-electron chi connectivity index (χ1n) is 21.8. The number of aliphatic hydroxyl groups excluding tert-OH is 2. The lowest BCUT2D eigenvalue weighted by Crippen LogP contribution is -2.52. The van der Waals surface area contributed by atoms with E-state index < -0.39 is 42.0 Å². The van der Waals surface area contributed by atoms with E-state index in [0.29, 0.717) is 40.7 Å².